The molecule has 1 fully saturated rings. The average molecular weight is 325 g/mol. The minimum absolute atomic E-state index is 0.0388. The Morgan fingerprint density at radius 3 is 2.67 bits per heavy atom. The molecule has 0 aliphatic carbocycles. The van der Waals surface area contributed by atoms with Gasteiger partial charge in [0.15, 0.2) is 0 Å². The van der Waals surface area contributed by atoms with Crippen LogP contribution in [0.3, 0.4) is 0 Å². The summed E-state index contributed by atoms with van der Waals surface area (Å²) in [5.74, 6) is -0.341. The zero-order chi connectivity index (χ0) is 15.0. The van der Waals surface area contributed by atoms with Gasteiger partial charge < -0.3 is 10.6 Å². The highest BCUT2D eigenvalue weighted by molar-refractivity contribution is 7.92. The number of nitrogens with one attached hydrogen (secondary N) is 2. The van der Waals surface area contributed by atoms with E-state index < -0.39 is 15.2 Å². The molecular weight excluding hydrogens is 312 g/mol. The van der Waals surface area contributed by atoms with E-state index in [1.807, 2.05) is 12.1 Å². The molecule has 0 saturated carbocycles. The molecule has 7 heteroatoms. The van der Waals surface area contributed by atoms with Crippen LogP contribution >= 0.6 is 11.6 Å². The van der Waals surface area contributed by atoms with E-state index in [4.69, 9.17) is 11.6 Å². The third kappa shape index (κ3) is 2.50. The van der Waals surface area contributed by atoms with Gasteiger partial charge in [-0.25, -0.2) is 8.42 Å². The van der Waals surface area contributed by atoms with Crippen molar-refractivity contribution in [1.29, 1.82) is 0 Å². The van der Waals surface area contributed by atoms with Gasteiger partial charge in [-0.1, -0.05) is 41.9 Å². The first-order chi connectivity index (χ1) is 10.00. The smallest absolute Gasteiger partial charge is 0.235 e. The van der Waals surface area contributed by atoms with Gasteiger partial charge in [-0.05, 0) is 11.5 Å². The van der Waals surface area contributed by atoms with Crippen molar-refractivity contribution in [1.82, 2.24) is 10.6 Å². The fraction of sp³-hybridized carbons (Fsp3) is 0.214. The first kappa shape index (κ1) is 14.3. The zero-order valence-corrected chi connectivity index (χ0v) is 12.5. The van der Waals surface area contributed by atoms with Gasteiger partial charge in [0.2, 0.25) is 15.7 Å². The van der Waals surface area contributed by atoms with E-state index in [1.54, 1.807) is 18.2 Å². The molecular formula is C14H13ClN2O3S. The van der Waals surface area contributed by atoms with Crippen LogP contribution in [-0.2, 0) is 14.6 Å². The molecule has 1 heterocycles. The van der Waals surface area contributed by atoms with E-state index in [2.05, 4.69) is 10.6 Å². The third-order valence-corrected chi connectivity index (χ3v) is 5.95. The summed E-state index contributed by atoms with van der Waals surface area (Å²) in [5.41, 5.74) is 0. The van der Waals surface area contributed by atoms with Gasteiger partial charge in [0.1, 0.15) is 5.37 Å². The number of rotatable bonds is 2. The van der Waals surface area contributed by atoms with Crippen molar-refractivity contribution in [3.63, 3.8) is 0 Å². The Labute approximate surface area is 127 Å². The summed E-state index contributed by atoms with van der Waals surface area (Å²) < 4.78 is 25.3. The van der Waals surface area contributed by atoms with Crippen molar-refractivity contribution >= 4 is 38.1 Å². The van der Waals surface area contributed by atoms with Crippen LogP contribution in [0.5, 0.6) is 0 Å². The average Bonchev–Trinajstić information content (AvgIpc) is 2.47. The molecule has 1 unspecified atom stereocenters. The number of hydrogen-bond donors (Lipinski definition) is 2. The highest BCUT2D eigenvalue weighted by Gasteiger charge is 2.33. The minimum Gasteiger partial charge on any atom is -0.337 e. The van der Waals surface area contributed by atoms with Gasteiger partial charge in [0.25, 0.3) is 0 Å². The molecule has 1 saturated heterocycles. The van der Waals surface area contributed by atoms with Crippen molar-refractivity contribution in [2.75, 3.05) is 13.1 Å². The number of hydrogen-bond acceptors (Lipinski definition) is 4. The van der Waals surface area contributed by atoms with Crippen molar-refractivity contribution < 1.29 is 13.2 Å². The number of benzene rings is 2. The van der Waals surface area contributed by atoms with Crippen LogP contribution in [0.2, 0.25) is 5.02 Å². The van der Waals surface area contributed by atoms with Gasteiger partial charge in [-0.2, -0.15) is 0 Å². The molecule has 3 rings (SSSR count). The number of fused-ring (bicyclic) bond motifs is 1. The van der Waals surface area contributed by atoms with E-state index in [1.165, 1.54) is 6.07 Å². The molecule has 2 aromatic carbocycles. The van der Waals surface area contributed by atoms with Crippen LogP contribution in [0.1, 0.15) is 0 Å². The van der Waals surface area contributed by atoms with Crippen LogP contribution in [-0.4, -0.2) is 32.8 Å². The van der Waals surface area contributed by atoms with Crippen LogP contribution in [0.4, 0.5) is 0 Å². The van der Waals surface area contributed by atoms with E-state index in [-0.39, 0.29) is 28.9 Å². The predicted molar refractivity (Wildman–Crippen MR) is 80.9 cm³/mol. The number of sulfone groups is 1. The second kappa shape index (κ2) is 5.29. The normalized spacial score (nSPS) is 19.5. The first-order valence-electron chi connectivity index (χ1n) is 6.41. The lowest BCUT2D eigenvalue weighted by molar-refractivity contribution is -0.121. The Morgan fingerprint density at radius 2 is 1.90 bits per heavy atom. The molecule has 110 valence electrons. The lowest BCUT2D eigenvalue weighted by atomic mass is 10.1. The van der Waals surface area contributed by atoms with Crippen molar-refractivity contribution in [2.24, 2.45) is 0 Å². The van der Waals surface area contributed by atoms with Gasteiger partial charge in [-0.15, -0.1) is 0 Å². The largest absolute Gasteiger partial charge is 0.337 e. The van der Waals surface area contributed by atoms with Gasteiger partial charge in [0.05, 0.1) is 16.5 Å². The molecule has 1 amide bonds. The summed E-state index contributed by atoms with van der Waals surface area (Å²) in [5, 5.41) is 5.99. The van der Waals surface area contributed by atoms with Crippen molar-refractivity contribution in [3.05, 3.63) is 41.4 Å². The Hall–Kier alpha value is -1.63. The number of amides is 1. The van der Waals surface area contributed by atoms with E-state index in [0.717, 1.165) is 5.39 Å². The molecule has 2 N–H and O–H groups in total. The zero-order valence-electron chi connectivity index (χ0n) is 11.0. The van der Waals surface area contributed by atoms with Crippen molar-refractivity contribution in [3.8, 4) is 0 Å². The summed E-state index contributed by atoms with van der Waals surface area (Å²) in [6, 6.07) is 10.5. The standard InChI is InChI=1S/C14H13ClN2O3S/c15-14-10-4-2-1-3-9(10)5-6-11(14)21(19,20)13-8-16-7-12(18)17-13/h1-6,13,16H,7-8H2,(H,17,18). The number of halogens is 1. The molecule has 2 aromatic rings. The summed E-state index contributed by atoms with van der Waals surface area (Å²) >= 11 is 6.27. The highest BCUT2D eigenvalue weighted by atomic mass is 35.5. The summed E-state index contributed by atoms with van der Waals surface area (Å²) in [6.45, 7) is 0.286. The summed E-state index contributed by atoms with van der Waals surface area (Å²) in [7, 11) is -3.74. The Kier molecular flexibility index (Phi) is 3.61. The SMILES string of the molecule is O=C1CNCC(S(=O)(=O)c2ccc3ccccc3c2Cl)N1. The Morgan fingerprint density at radius 1 is 1.14 bits per heavy atom. The monoisotopic (exact) mass is 324 g/mol. The molecule has 1 aliphatic rings. The maximum Gasteiger partial charge on any atom is 0.235 e. The number of carbonyl (C=O) groups excluding carboxylic acids is 1. The van der Waals surface area contributed by atoms with Crippen LogP contribution in [0, 0.1) is 0 Å². The molecule has 1 aliphatic heterocycles. The highest BCUT2D eigenvalue weighted by Crippen LogP contribution is 2.32. The minimum atomic E-state index is -3.74. The lowest BCUT2D eigenvalue weighted by Gasteiger charge is -2.24. The maximum atomic E-state index is 12.7. The number of piperazine rings is 1. The van der Waals surface area contributed by atoms with E-state index >= 15 is 0 Å². The lowest BCUT2D eigenvalue weighted by Crippen LogP contribution is -2.55. The van der Waals surface area contributed by atoms with Crippen LogP contribution in [0.15, 0.2) is 41.3 Å². The van der Waals surface area contributed by atoms with Crippen LogP contribution < -0.4 is 10.6 Å². The van der Waals surface area contributed by atoms with Gasteiger partial charge in [0, 0.05) is 11.9 Å². The Balaban J connectivity index is 2.10. The quantitative estimate of drug-likeness (QED) is 0.873. The second-order valence-electron chi connectivity index (χ2n) is 4.83. The topological polar surface area (TPSA) is 75.3 Å². The first-order valence-corrected chi connectivity index (χ1v) is 8.34. The molecule has 0 spiro atoms. The Bertz CT molecular complexity index is 820. The second-order valence-corrected chi connectivity index (χ2v) is 7.31. The molecule has 1 atom stereocenters. The molecule has 0 radical (unpaired) electrons. The predicted octanol–water partition coefficient (Wildman–Crippen LogP) is 1.31. The fourth-order valence-electron chi connectivity index (χ4n) is 2.37. The summed E-state index contributed by atoms with van der Waals surface area (Å²) in [4.78, 5) is 11.4. The van der Waals surface area contributed by atoms with Gasteiger partial charge >= 0.3 is 0 Å². The summed E-state index contributed by atoms with van der Waals surface area (Å²) in [6.07, 6.45) is 0. The molecule has 5 nitrogen and oxygen atoms in total. The van der Waals surface area contributed by atoms with Crippen LogP contribution in [0.25, 0.3) is 10.8 Å². The number of carbonyl (C=O) groups is 1. The maximum absolute atomic E-state index is 12.7. The molecule has 0 bridgehead atoms. The molecule has 0 aromatic heterocycles. The third-order valence-electron chi connectivity index (χ3n) is 3.45. The van der Waals surface area contributed by atoms with E-state index in [0.29, 0.717) is 5.39 Å². The van der Waals surface area contributed by atoms with Crippen molar-refractivity contribution in [2.45, 2.75) is 10.3 Å². The van der Waals surface area contributed by atoms with Gasteiger partial charge in [-0.3, -0.25) is 4.79 Å². The fourth-order valence-corrected chi connectivity index (χ4v) is 4.48. The van der Waals surface area contributed by atoms with E-state index in [9.17, 15) is 13.2 Å². The molecule has 21 heavy (non-hydrogen) atoms.